The minimum Gasteiger partial charge on any atom is -0.478 e. The van der Waals surface area contributed by atoms with Crippen molar-refractivity contribution in [3.63, 3.8) is 0 Å². The number of aromatic carboxylic acids is 1. The van der Waals surface area contributed by atoms with Crippen LogP contribution in [0.1, 0.15) is 23.7 Å². The normalized spacial score (nSPS) is 15.8. The van der Waals surface area contributed by atoms with Crippen molar-refractivity contribution in [3.8, 4) is 0 Å². The summed E-state index contributed by atoms with van der Waals surface area (Å²) >= 11 is 0. The number of rotatable bonds is 3. The van der Waals surface area contributed by atoms with E-state index in [0.717, 1.165) is 12.5 Å². The fourth-order valence-electron chi connectivity index (χ4n) is 1.97. The van der Waals surface area contributed by atoms with Crippen molar-refractivity contribution in [1.82, 2.24) is 0 Å². The second-order valence-electron chi connectivity index (χ2n) is 4.27. The number of halogens is 2. The summed E-state index contributed by atoms with van der Waals surface area (Å²) in [4.78, 5) is 12.5. The highest BCUT2D eigenvalue weighted by Gasteiger charge is 2.28. The lowest BCUT2D eigenvalue weighted by Crippen LogP contribution is -2.46. The van der Waals surface area contributed by atoms with Crippen molar-refractivity contribution >= 4 is 11.7 Å². The molecule has 0 atom stereocenters. The minimum atomic E-state index is -1.38. The first kappa shape index (κ1) is 11.8. The van der Waals surface area contributed by atoms with Crippen molar-refractivity contribution in [1.29, 1.82) is 0 Å². The number of carboxylic acids is 1. The number of nitrogens with zero attached hydrogens (tertiary/aromatic N) is 1. The molecule has 1 aromatic carbocycles. The van der Waals surface area contributed by atoms with Crippen molar-refractivity contribution in [2.75, 3.05) is 18.0 Å². The predicted molar refractivity (Wildman–Crippen MR) is 59.3 cm³/mol. The van der Waals surface area contributed by atoms with Gasteiger partial charge in [-0.15, -0.1) is 0 Å². The van der Waals surface area contributed by atoms with Gasteiger partial charge >= 0.3 is 5.97 Å². The summed E-state index contributed by atoms with van der Waals surface area (Å²) in [5.41, 5.74) is -0.310. The smallest absolute Gasteiger partial charge is 0.338 e. The van der Waals surface area contributed by atoms with Gasteiger partial charge in [0.25, 0.3) is 0 Å². The van der Waals surface area contributed by atoms with Gasteiger partial charge in [0.15, 0.2) is 0 Å². The number of hydrogen-bond donors (Lipinski definition) is 1. The van der Waals surface area contributed by atoms with Crippen LogP contribution < -0.4 is 4.90 Å². The van der Waals surface area contributed by atoms with E-state index in [1.807, 2.05) is 6.92 Å². The maximum atomic E-state index is 13.5. The summed E-state index contributed by atoms with van der Waals surface area (Å²) in [5, 5.41) is 8.77. The molecule has 3 nitrogen and oxygen atoms in total. The van der Waals surface area contributed by atoms with Crippen molar-refractivity contribution in [2.24, 2.45) is 5.92 Å². The molecular weight excluding hydrogens is 228 g/mol. The van der Waals surface area contributed by atoms with Crippen LogP contribution in [0.5, 0.6) is 0 Å². The summed E-state index contributed by atoms with van der Waals surface area (Å²) in [5.74, 6) is -2.61. The lowest BCUT2D eigenvalue weighted by Gasteiger charge is -2.40. The first-order valence-electron chi connectivity index (χ1n) is 5.50. The molecule has 0 aromatic heterocycles. The van der Waals surface area contributed by atoms with E-state index < -0.39 is 23.2 Å². The third-order valence-electron chi connectivity index (χ3n) is 3.14. The first-order chi connectivity index (χ1) is 8.02. The zero-order valence-corrected chi connectivity index (χ0v) is 9.41. The Labute approximate surface area is 97.7 Å². The van der Waals surface area contributed by atoms with Gasteiger partial charge < -0.3 is 10.0 Å². The topological polar surface area (TPSA) is 40.5 Å². The predicted octanol–water partition coefficient (Wildman–Crippen LogP) is 2.51. The van der Waals surface area contributed by atoms with Gasteiger partial charge in [0.2, 0.25) is 0 Å². The van der Waals surface area contributed by atoms with Gasteiger partial charge in [-0.3, -0.25) is 0 Å². The van der Waals surface area contributed by atoms with Gasteiger partial charge in [-0.2, -0.15) is 0 Å². The van der Waals surface area contributed by atoms with Gasteiger partial charge in [0.1, 0.15) is 11.6 Å². The summed E-state index contributed by atoms with van der Waals surface area (Å²) in [6, 6.07) is 1.71. The van der Waals surface area contributed by atoms with Crippen molar-refractivity contribution in [3.05, 3.63) is 29.3 Å². The van der Waals surface area contributed by atoms with Crippen molar-refractivity contribution in [2.45, 2.75) is 13.3 Å². The molecule has 0 spiro atoms. The Hall–Kier alpha value is -1.65. The van der Waals surface area contributed by atoms with E-state index in [1.54, 1.807) is 4.90 Å². The first-order valence-corrected chi connectivity index (χ1v) is 5.50. The van der Waals surface area contributed by atoms with Crippen LogP contribution in [0.25, 0.3) is 0 Å². The lowest BCUT2D eigenvalue weighted by atomic mass is 9.96. The van der Waals surface area contributed by atoms with E-state index >= 15 is 0 Å². The maximum Gasteiger partial charge on any atom is 0.338 e. The molecule has 1 aliphatic rings. The van der Waals surface area contributed by atoms with E-state index in [4.69, 9.17) is 5.11 Å². The Bertz CT molecular complexity index is 456. The van der Waals surface area contributed by atoms with Gasteiger partial charge in [-0.05, 0) is 18.4 Å². The lowest BCUT2D eigenvalue weighted by molar-refractivity contribution is 0.0692. The second kappa shape index (κ2) is 4.31. The molecule has 0 saturated carbocycles. The fraction of sp³-hybridized carbons (Fsp3) is 0.417. The number of benzene rings is 1. The van der Waals surface area contributed by atoms with E-state index in [2.05, 4.69) is 0 Å². The molecule has 0 aliphatic carbocycles. The Balaban J connectivity index is 2.29. The highest BCUT2D eigenvalue weighted by molar-refractivity contribution is 5.89. The largest absolute Gasteiger partial charge is 0.478 e. The fourth-order valence-corrected chi connectivity index (χ4v) is 1.97. The van der Waals surface area contributed by atoms with E-state index in [0.29, 0.717) is 25.1 Å². The molecule has 1 fully saturated rings. The standard InChI is InChI=1S/C12H13F2NO2/c1-2-7-5-15(6-7)11-3-8(12(16)17)9(13)4-10(11)14/h3-4,7H,2,5-6H2,1H3,(H,16,17). The monoisotopic (exact) mass is 241 g/mol. The van der Waals surface area contributed by atoms with Crippen LogP contribution in [0, 0.1) is 17.6 Å². The third-order valence-corrected chi connectivity index (χ3v) is 3.14. The Morgan fingerprint density at radius 2 is 2.06 bits per heavy atom. The molecule has 1 saturated heterocycles. The molecule has 1 aromatic rings. The van der Waals surface area contributed by atoms with Gasteiger partial charge in [0, 0.05) is 19.2 Å². The number of hydrogen-bond acceptors (Lipinski definition) is 2. The summed E-state index contributed by atoms with van der Waals surface area (Å²) < 4.78 is 26.7. The molecule has 1 N–H and O–H groups in total. The molecule has 0 amide bonds. The van der Waals surface area contributed by atoms with E-state index in [-0.39, 0.29) is 5.69 Å². The molecule has 5 heteroatoms. The zero-order valence-electron chi connectivity index (χ0n) is 9.41. The van der Waals surface area contributed by atoms with Crippen LogP contribution in [-0.2, 0) is 0 Å². The highest BCUT2D eigenvalue weighted by atomic mass is 19.1. The van der Waals surface area contributed by atoms with E-state index in [9.17, 15) is 13.6 Å². The average molecular weight is 241 g/mol. The third kappa shape index (κ3) is 2.09. The van der Waals surface area contributed by atoms with Crippen LogP contribution in [0.4, 0.5) is 14.5 Å². The molecule has 0 unspecified atom stereocenters. The van der Waals surface area contributed by atoms with Crippen LogP contribution in [0.15, 0.2) is 12.1 Å². The summed E-state index contributed by atoms with van der Waals surface area (Å²) in [6.45, 7) is 3.43. The average Bonchev–Trinajstić information content (AvgIpc) is 2.18. The number of anilines is 1. The van der Waals surface area contributed by atoms with Crippen LogP contribution in [0.3, 0.4) is 0 Å². The van der Waals surface area contributed by atoms with Crippen LogP contribution in [-0.4, -0.2) is 24.2 Å². The Kier molecular flexibility index (Phi) is 3.00. The maximum absolute atomic E-state index is 13.5. The van der Waals surface area contributed by atoms with Crippen molar-refractivity contribution < 1.29 is 18.7 Å². The van der Waals surface area contributed by atoms with Crippen LogP contribution in [0.2, 0.25) is 0 Å². The molecule has 0 bridgehead atoms. The molecule has 2 rings (SSSR count). The number of carbonyl (C=O) groups is 1. The number of carboxylic acid groups (broad SMARTS) is 1. The zero-order chi connectivity index (χ0) is 12.6. The molecule has 92 valence electrons. The summed E-state index contributed by atoms with van der Waals surface area (Å²) in [6.07, 6.45) is 1.01. The Morgan fingerprint density at radius 3 is 2.59 bits per heavy atom. The SMILES string of the molecule is CCC1CN(c2cc(C(=O)O)c(F)cc2F)C1. The molecule has 1 heterocycles. The van der Waals surface area contributed by atoms with Gasteiger partial charge in [-0.25, -0.2) is 13.6 Å². The van der Waals surface area contributed by atoms with Crippen LogP contribution >= 0.6 is 0 Å². The second-order valence-corrected chi connectivity index (χ2v) is 4.27. The summed E-state index contributed by atoms with van der Waals surface area (Å²) in [7, 11) is 0. The quantitative estimate of drug-likeness (QED) is 0.883. The Morgan fingerprint density at radius 1 is 1.41 bits per heavy atom. The molecular formula is C12H13F2NO2. The van der Waals surface area contributed by atoms with E-state index in [1.165, 1.54) is 0 Å². The highest BCUT2D eigenvalue weighted by Crippen LogP contribution is 2.30. The molecule has 0 radical (unpaired) electrons. The molecule has 1 aliphatic heterocycles. The minimum absolute atomic E-state index is 0.175. The van der Waals surface area contributed by atoms with Gasteiger partial charge in [-0.1, -0.05) is 6.92 Å². The van der Waals surface area contributed by atoms with Gasteiger partial charge in [0.05, 0.1) is 11.3 Å². The molecule has 17 heavy (non-hydrogen) atoms.